The molecule has 2 rings (SSSR count). The molecule has 0 atom stereocenters. The van der Waals surface area contributed by atoms with Crippen molar-refractivity contribution < 1.29 is 4.74 Å². The van der Waals surface area contributed by atoms with Gasteiger partial charge in [0.2, 0.25) is 0 Å². The van der Waals surface area contributed by atoms with Crippen LogP contribution in [0.15, 0.2) is 12.1 Å². The Morgan fingerprint density at radius 3 is 2.89 bits per heavy atom. The second-order valence-corrected chi connectivity index (χ2v) is 5.30. The normalized spacial score (nSPS) is 15.8. The van der Waals surface area contributed by atoms with Crippen molar-refractivity contribution in [3.05, 3.63) is 23.3 Å². The van der Waals surface area contributed by atoms with Gasteiger partial charge >= 0.3 is 0 Å². The molecule has 1 aromatic carbocycles. The predicted octanol–water partition coefficient (Wildman–Crippen LogP) is 1.20. The second-order valence-electron chi connectivity index (χ2n) is 5.30. The summed E-state index contributed by atoms with van der Waals surface area (Å²) in [5.74, 6) is 0.972. The summed E-state index contributed by atoms with van der Waals surface area (Å²) in [7, 11) is 6.24. The molecule has 0 saturated carbocycles. The van der Waals surface area contributed by atoms with Crippen LogP contribution in [0.1, 0.15) is 11.1 Å². The third kappa shape index (κ3) is 3.15. The van der Waals surface area contributed by atoms with Crippen LogP contribution in [-0.2, 0) is 13.0 Å². The summed E-state index contributed by atoms with van der Waals surface area (Å²) in [6.07, 6.45) is 1.05. The molecule has 0 bridgehead atoms. The highest BCUT2D eigenvalue weighted by Gasteiger charge is 2.18. The molecule has 100 valence electrons. The van der Waals surface area contributed by atoms with E-state index in [0.29, 0.717) is 6.61 Å². The van der Waals surface area contributed by atoms with Crippen LogP contribution in [-0.4, -0.2) is 50.6 Å². The van der Waals surface area contributed by atoms with E-state index in [0.717, 1.165) is 37.5 Å². The first kappa shape index (κ1) is 13.2. The van der Waals surface area contributed by atoms with Gasteiger partial charge in [-0.3, -0.25) is 0 Å². The Hall–Kier alpha value is -1.26. The van der Waals surface area contributed by atoms with E-state index in [1.165, 1.54) is 11.1 Å². The largest absolute Gasteiger partial charge is 0.492 e. The average molecular weight is 249 g/mol. The molecule has 4 nitrogen and oxygen atoms in total. The number of nitrogen functional groups attached to an aromatic ring is 1. The number of hydrogen-bond acceptors (Lipinski definition) is 4. The highest BCUT2D eigenvalue weighted by atomic mass is 16.5. The van der Waals surface area contributed by atoms with Crippen molar-refractivity contribution in [2.24, 2.45) is 0 Å². The van der Waals surface area contributed by atoms with Crippen LogP contribution in [0.4, 0.5) is 5.69 Å². The molecule has 18 heavy (non-hydrogen) atoms. The summed E-state index contributed by atoms with van der Waals surface area (Å²) in [5, 5.41) is 0. The molecule has 0 saturated heterocycles. The van der Waals surface area contributed by atoms with Crippen LogP contribution in [0, 0.1) is 0 Å². The Balaban J connectivity index is 2.14. The number of likely N-dealkylation sites (N-methyl/N-ethyl adjacent to an activating group) is 2. The molecule has 0 aliphatic carbocycles. The standard InChI is InChI=1S/C14H23N3O/c1-16(2)6-7-18-14-9-12(15)8-11-10-17(3)5-4-13(11)14/h8-9H,4-7,10,15H2,1-3H3. The highest BCUT2D eigenvalue weighted by molar-refractivity contribution is 5.54. The van der Waals surface area contributed by atoms with E-state index in [4.69, 9.17) is 10.5 Å². The molecule has 0 radical (unpaired) electrons. The summed E-state index contributed by atoms with van der Waals surface area (Å²) in [6.45, 7) is 3.67. The minimum atomic E-state index is 0.707. The molecule has 2 N–H and O–H groups in total. The smallest absolute Gasteiger partial charge is 0.124 e. The molecule has 1 heterocycles. The Bertz CT molecular complexity index is 418. The van der Waals surface area contributed by atoms with Crippen LogP contribution < -0.4 is 10.5 Å². The Kier molecular flexibility index (Phi) is 4.09. The summed E-state index contributed by atoms with van der Waals surface area (Å²) in [4.78, 5) is 4.43. The predicted molar refractivity (Wildman–Crippen MR) is 74.9 cm³/mol. The third-order valence-electron chi connectivity index (χ3n) is 3.30. The van der Waals surface area contributed by atoms with Gasteiger partial charge in [-0.15, -0.1) is 0 Å². The maximum Gasteiger partial charge on any atom is 0.124 e. The summed E-state index contributed by atoms with van der Waals surface area (Å²) < 4.78 is 5.89. The van der Waals surface area contributed by atoms with Crippen molar-refractivity contribution >= 4 is 5.69 Å². The Morgan fingerprint density at radius 1 is 1.39 bits per heavy atom. The first-order chi connectivity index (χ1) is 8.56. The number of nitrogens with zero attached hydrogens (tertiary/aromatic N) is 2. The molecule has 1 aromatic rings. The summed E-state index contributed by atoms with van der Waals surface area (Å²) in [5.41, 5.74) is 9.39. The van der Waals surface area contributed by atoms with E-state index in [2.05, 4.69) is 22.9 Å². The fourth-order valence-electron chi connectivity index (χ4n) is 2.29. The van der Waals surface area contributed by atoms with E-state index in [-0.39, 0.29) is 0 Å². The SMILES string of the molecule is CN(C)CCOc1cc(N)cc2c1CCN(C)C2. The number of rotatable bonds is 4. The van der Waals surface area contributed by atoms with Crippen molar-refractivity contribution in [3.8, 4) is 5.75 Å². The first-order valence-electron chi connectivity index (χ1n) is 6.43. The van der Waals surface area contributed by atoms with Crippen LogP contribution in [0.2, 0.25) is 0 Å². The van der Waals surface area contributed by atoms with Gasteiger partial charge in [-0.05, 0) is 39.2 Å². The molecular formula is C14H23N3O. The zero-order valence-corrected chi connectivity index (χ0v) is 11.6. The van der Waals surface area contributed by atoms with E-state index in [1.54, 1.807) is 0 Å². The molecule has 0 spiro atoms. The zero-order chi connectivity index (χ0) is 13.1. The maximum atomic E-state index is 5.95. The van der Waals surface area contributed by atoms with Crippen LogP contribution in [0.25, 0.3) is 0 Å². The number of fused-ring (bicyclic) bond motifs is 1. The lowest BCUT2D eigenvalue weighted by molar-refractivity contribution is 0.253. The lowest BCUT2D eigenvalue weighted by atomic mass is 9.98. The van der Waals surface area contributed by atoms with Gasteiger partial charge in [-0.25, -0.2) is 0 Å². The van der Waals surface area contributed by atoms with Gasteiger partial charge in [0.25, 0.3) is 0 Å². The number of benzene rings is 1. The third-order valence-corrected chi connectivity index (χ3v) is 3.30. The van der Waals surface area contributed by atoms with E-state index in [1.807, 2.05) is 20.2 Å². The number of ether oxygens (including phenoxy) is 1. The fraction of sp³-hybridized carbons (Fsp3) is 0.571. The second kappa shape index (κ2) is 5.59. The minimum absolute atomic E-state index is 0.707. The van der Waals surface area contributed by atoms with E-state index < -0.39 is 0 Å². The molecule has 0 fully saturated rings. The fourth-order valence-corrected chi connectivity index (χ4v) is 2.29. The van der Waals surface area contributed by atoms with Gasteiger partial charge in [0.1, 0.15) is 12.4 Å². The molecule has 0 amide bonds. The van der Waals surface area contributed by atoms with Crippen LogP contribution >= 0.6 is 0 Å². The number of anilines is 1. The monoisotopic (exact) mass is 249 g/mol. The molecule has 0 aromatic heterocycles. The van der Waals surface area contributed by atoms with Gasteiger partial charge in [0.15, 0.2) is 0 Å². The first-order valence-corrected chi connectivity index (χ1v) is 6.43. The van der Waals surface area contributed by atoms with Gasteiger partial charge in [0.05, 0.1) is 0 Å². The molecular weight excluding hydrogens is 226 g/mol. The van der Waals surface area contributed by atoms with Gasteiger partial charge < -0.3 is 20.3 Å². The topological polar surface area (TPSA) is 41.7 Å². The van der Waals surface area contributed by atoms with E-state index in [9.17, 15) is 0 Å². The molecule has 1 aliphatic rings. The number of nitrogens with two attached hydrogens (primary N) is 1. The lowest BCUT2D eigenvalue weighted by Crippen LogP contribution is -2.27. The maximum absolute atomic E-state index is 5.95. The lowest BCUT2D eigenvalue weighted by Gasteiger charge is -2.27. The Labute approximate surface area is 109 Å². The van der Waals surface area contributed by atoms with Gasteiger partial charge in [-0.2, -0.15) is 0 Å². The van der Waals surface area contributed by atoms with Crippen molar-refractivity contribution in [1.82, 2.24) is 9.80 Å². The zero-order valence-electron chi connectivity index (χ0n) is 11.6. The van der Waals surface area contributed by atoms with Crippen molar-refractivity contribution in [3.63, 3.8) is 0 Å². The molecule has 1 aliphatic heterocycles. The molecule has 0 unspecified atom stereocenters. The minimum Gasteiger partial charge on any atom is -0.492 e. The van der Waals surface area contributed by atoms with Gasteiger partial charge in [-0.1, -0.05) is 0 Å². The summed E-state index contributed by atoms with van der Waals surface area (Å²) >= 11 is 0. The Morgan fingerprint density at radius 2 is 2.17 bits per heavy atom. The van der Waals surface area contributed by atoms with E-state index >= 15 is 0 Å². The summed E-state index contributed by atoms with van der Waals surface area (Å²) in [6, 6.07) is 4.03. The van der Waals surface area contributed by atoms with Gasteiger partial charge in [0, 0.05) is 37.0 Å². The van der Waals surface area contributed by atoms with Crippen molar-refractivity contribution in [1.29, 1.82) is 0 Å². The highest BCUT2D eigenvalue weighted by Crippen LogP contribution is 2.30. The quantitative estimate of drug-likeness (QED) is 0.814. The van der Waals surface area contributed by atoms with Crippen molar-refractivity contribution in [2.75, 3.05) is 46.6 Å². The molecule has 4 heteroatoms. The average Bonchev–Trinajstić information content (AvgIpc) is 2.27. The number of hydrogen-bond donors (Lipinski definition) is 1. The van der Waals surface area contributed by atoms with Crippen LogP contribution in [0.3, 0.4) is 0 Å². The van der Waals surface area contributed by atoms with Crippen LogP contribution in [0.5, 0.6) is 5.75 Å². The van der Waals surface area contributed by atoms with Crippen molar-refractivity contribution in [2.45, 2.75) is 13.0 Å².